The van der Waals surface area contributed by atoms with Crippen molar-refractivity contribution in [2.45, 2.75) is 0 Å². The number of thiophene rings is 1. The van der Waals surface area contributed by atoms with E-state index in [4.69, 9.17) is 0 Å². The van der Waals surface area contributed by atoms with Gasteiger partial charge in [-0.1, -0.05) is 0 Å². The molecule has 0 atom stereocenters. The molecule has 25 heavy (non-hydrogen) atoms. The molecule has 0 aliphatic carbocycles. The summed E-state index contributed by atoms with van der Waals surface area (Å²) < 4.78 is 3.91. The molecule has 0 saturated heterocycles. The lowest BCUT2D eigenvalue weighted by molar-refractivity contribution is -0.115. The number of nitrogens with one attached hydrogen (secondary N) is 2. The minimum Gasteiger partial charge on any atom is -0.342 e. The number of carbonyl (C=O) groups excluding carboxylic acids is 2. The molecule has 2 heterocycles. The largest absolute Gasteiger partial charge is 0.342 e. The minimum atomic E-state index is -0.343. The van der Waals surface area contributed by atoms with Crippen LogP contribution in [0.25, 0.3) is 11.0 Å². The average Bonchev–Trinajstić information content (AvgIpc) is 3.11. The molecule has 0 fully saturated rings. The van der Waals surface area contributed by atoms with Gasteiger partial charge in [0.05, 0.1) is 26.2 Å². The van der Waals surface area contributed by atoms with Crippen LogP contribution in [0.5, 0.6) is 0 Å². The Morgan fingerprint density at radius 1 is 1.12 bits per heavy atom. The molecule has 130 valence electrons. The first kappa shape index (κ1) is 17.4. The fourth-order valence-electron chi connectivity index (χ4n) is 2.47. The van der Waals surface area contributed by atoms with Crippen molar-refractivity contribution in [1.29, 1.82) is 0 Å². The van der Waals surface area contributed by atoms with Crippen LogP contribution in [-0.2, 0) is 18.9 Å². The van der Waals surface area contributed by atoms with Crippen LogP contribution in [0.15, 0.2) is 38.9 Å². The van der Waals surface area contributed by atoms with E-state index in [1.165, 1.54) is 15.9 Å². The molecule has 0 saturated carbocycles. The first-order chi connectivity index (χ1) is 11.9. The molecule has 0 aliphatic heterocycles. The third kappa shape index (κ3) is 3.52. The van der Waals surface area contributed by atoms with E-state index in [1.54, 1.807) is 49.0 Å². The molecule has 0 unspecified atom stereocenters. The zero-order valence-corrected chi connectivity index (χ0v) is 15.9. The standard InChI is InChI=1S/C16H15BrN4O3S/c1-20-10-4-3-9(7-11(10)21(2)16(20)24)19-14(22)8-18-15(23)12-5-6-13(17)25-12/h3-7H,8H2,1-2H3,(H,18,23)(H,19,22). The Bertz CT molecular complexity index is 1030. The molecule has 1 aromatic carbocycles. The first-order valence-electron chi connectivity index (χ1n) is 7.35. The van der Waals surface area contributed by atoms with Gasteiger partial charge in [0.1, 0.15) is 0 Å². The lowest BCUT2D eigenvalue weighted by Gasteiger charge is -2.07. The fraction of sp³-hybridized carbons (Fsp3) is 0.188. The highest BCUT2D eigenvalue weighted by Crippen LogP contribution is 2.21. The Balaban J connectivity index is 1.67. The summed E-state index contributed by atoms with van der Waals surface area (Å²) in [4.78, 5) is 36.4. The summed E-state index contributed by atoms with van der Waals surface area (Å²) in [5, 5.41) is 5.29. The van der Waals surface area contributed by atoms with Gasteiger partial charge in [-0.25, -0.2) is 4.79 Å². The third-order valence-corrected chi connectivity index (χ3v) is 5.38. The second kappa shape index (κ2) is 6.85. The fourth-order valence-corrected chi connectivity index (χ4v) is 3.78. The summed E-state index contributed by atoms with van der Waals surface area (Å²) in [5.74, 6) is -0.643. The van der Waals surface area contributed by atoms with Crippen molar-refractivity contribution in [1.82, 2.24) is 14.5 Å². The van der Waals surface area contributed by atoms with E-state index < -0.39 is 0 Å². The summed E-state index contributed by atoms with van der Waals surface area (Å²) in [6, 6.07) is 8.68. The number of nitrogens with zero attached hydrogens (tertiary/aromatic N) is 2. The number of imidazole rings is 1. The Kier molecular flexibility index (Phi) is 4.78. The smallest absolute Gasteiger partial charge is 0.328 e. The number of anilines is 1. The monoisotopic (exact) mass is 422 g/mol. The van der Waals surface area contributed by atoms with E-state index in [-0.39, 0.29) is 24.0 Å². The molecule has 0 aliphatic rings. The molecule has 0 radical (unpaired) electrons. The Labute approximate surface area is 155 Å². The molecule has 2 N–H and O–H groups in total. The normalized spacial score (nSPS) is 10.8. The zero-order chi connectivity index (χ0) is 18.1. The minimum absolute atomic E-state index is 0.132. The molecular weight excluding hydrogens is 408 g/mol. The number of benzene rings is 1. The number of halogens is 1. The van der Waals surface area contributed by atoms with Crippen molar-refractivity contribution in [3.05, 3.63) is 49.5 Å². The summed E-state index contributed by atoms with van der Waals surface area (Å²) in [6.45, 7) is -0.139. The summed E-state index contributed by atoms with van der Waals surface area (Å²) in [6.07, 6.45) is 0. The van der Waals surface area contributed by atoms with Gasteiger partial charge in [-0.05, 0) is 46.3 Å². The average molecular weight is 423 g/mol. The molecule has 0 spiro atoms. The maximum absolute atomic E-state index is 12.0. The zero-order valence-electron chi connectivity index (χ0n) is 13.5. The van der Waals surface area contributed by atoms with E-state index in [9.17, 15) is 14.4 Å². The van der Waals surface area contributed by atoms with Crippen LogP contribution in [0, 0.1) is 0 Å². The molecule has 2 aromatic heterocycles. The summed E-state index contributed by atoms with van der Waals surface area (Å²) in [5.41, 5.74) is 1.93. The van der Waals surface area contributed by atoms with Crippen LogP contribution in [0.3, 0.4) is 0 Å². The maximum atomic E-state index is 12.0. The number of carbonyl (C=O) groups is 2. The van der Waals surface area contributed by atoms with E-state index in [0.29, 0.717) is 10.6 Å². The van der Waals surface area contributed by atoms with Gasteiger partial charge in [-0.2, -0.15) is 0 Å². The van der Waals surface area contributed by atoms with Crippen molar-refractivity contribution in [2.24, 2.45) is 14.1 Å². The second-order valence-corrected chi connectivity index (χ2v) is 7.90. The number of hydrogen-bond donors (Lipinski definition) is 2. The lowest BCUT2D eigenvalue weighted by atomic mass is 10.2. The molecular formula is C16H15BrN4O3S. The van der Waals surface area contributed by atoms with Crippen molar-refractivity contribution in [2.75, 3.05) is 11.9 Å². The van der Waals surface area contributed by atoms with Gasteiger partial charge in [0, 0.05) is 19.8 Å². The number of aromatic nitrogens is 2. The summed E-state index contributed by atoms with van der Waals surface area (Å²) >= 11 is 4.59. The van der Waals surface area contributed by atoms with Gasteiger partial charge in [0.25, 0.3) is 5.91 Å². The number of aryl methyl sites for hydroxylation is 2. The highest BCUT2D eigenvalue weighted by atomic mass is 79.9. The van der Waals surface area contributed by atoms with Crippen LogP contribution in [0.4, 0.5) is 5.69 Å². The molecule has 0 bridgehead atoms. The Morgan fingerprint density at radius 3 is 2.52 bits per heavy atom. The molecule has 7 nitrogen and oxygen atoms in total. The quantitative estimate of drug-likeness (QED) is 0.674. The van der Waals surface area contributed by atoms with Crippen molar-refractivity contribution in [3.8, 4) is 0 Å². The van der Waals surface area contributed by atoms with E-state index in [2.05, 4.69) is 26.6 Å². The van der Waals surface area contributed by atoms with Crippen LogP contribution in [-0.4, -0.2) is 27.5 Å². The maximum Gasteiger partial charge on any atom is 0.328 e. The number of hydrogen-bond acceptors (Lipinski definition) is 4. The molecule has 9 heteroatoms. The predicted molar refractivity (Wildman–Crippen MR) is 101 cm³/mol. The highest BCUT2D eigenvalue weighted by Gasteiger charge is 2.12. The van der Waals surface area contributed by atoms with Crippen molar-refractivity contribution >= 4 is 55.8 Å². The lowest BCUT2D eigenvalue weighted by Crippen LogP contribution is -2.32. The summed E-state index contributed by atoms with van der Waals surface area (Å²) in [7, 11) is 3.37. The highest BCUT2D eigenvalue weighted by molar-refractivity contribution is 9.11. The van der Waals surface area contributed by atoms with E-state index in [1.807, 2.05) is 0 Å². The van der Waals surface area contributed by atoms with E-state index in [0.717, 1.165) is 14.8 Å². The predicted octanol–water partition coefficient (Wildman–Crippen LogP) is 2.07. The first-order valence-corrected chi connectivity index (χ1v) is 8.96. The van der Waals surface area contributed by atoms with Gasteiger partial charge >= 0.3 is 5.69 Å². The van der Waals surface area contributed by atoms with Crippen LogP contribution in [0.2, 0.25) is 0 Å². The molecule has 3 rings (SSSR count). The third-order valence-electron chi connectivity index (χ3n) is 3.76. The van der Waals surface area contributed by atoms with Gasteiger partial charge in [0.2, 0.25) is 5.91 Å². The van der Waals surface area contributed by atoms with Crippen LogP contribution >= 0.6 is 27.3 Å². The number of rotatable bonds is 4. The van der Waals surface area contributed by atoms with Crippen molar-refractivity contribution < 1.29 is 9.59 Å². The van der Waals surface area contributed by atoms with Gasteiger partial charge in [-0.3, -0.25) is 18.7 Å². The van der Waals surface area contributed by atoms with Gasteiger partial charge < -0.3 is 10.6 Å². The van der Waals surface area contributed by atoms with Crippen LogP contribution < -0.4 is 16.3 Å². The molecule has 3 aromatic rings. The Morgan fingerprint density at radius 2 is 1.84 bits per heavy atom. The Hall–Kier alpha value is -2.39. The van der Waals surface area contributed by atoms with Gasteiger partial charge in [0.15, 0.2) is 0 Å². The molecule has 2 amide bonds. The van der Waals surface area contributed by atoms with E-state index >= 15 is 0 Å². The topological polar surface area (TPSA) is 85.1 Å². The number of amides is 2. The van der Waals surface area contributed by atoms with Crippen molar-refractivity contribution in [3.63, 3.8) is 0 Å². The SMILES string of the molecule is Cn1c(=O)n(C)c2cc(NC(=O)CNC(=O)c3ccc(Br)s3)ccc21. The van der Waals surface area contributed by atoms with Crippen LogP contribution in [0.1, 0.15) is 9.67 Å². The second-order valence-electron chi connectivity index (χ2n) is 5.44. The number of fused-ring (bicyclic) bond motifs is 1. The van der Waals surface area contributed by atoms with Gasteiger partial charge in [-0.15, -0.1) is 11.3 Å².